The average Bonchev–Trinajstić information content (AvgIpc) is 2.91. The van der Waals surface area contributed by atoms with Crippen molar-refractivity contribution in [1.29, 1.82) is 0 Å². The molecule has 1 aliphatic rings. The number of imidazole rings is 1. The number of rotatable bonds is 4. The van der Waals surface area contributed by atoms with Gasteiger partial charge in [-0.1, -0.05) is 0 Å². The molecule has 0 atom stereocenters. The second-order valence-electron chi connectivity index (χ2n) is 5.18. The van der Waals surface area contributed by atoms with E-state index in [9.17, 15) is 0 Å². The molecule has 0 amide bonds. The molecule has 2 aromatic rings. The van der Waals surface area contributed by atoms with Crippen molar-refractivity contribution in [3.63, 3.8) is 0 Å². The van der Waals surface area contributed by atoms with Crippen molar-refractivity contribution in [1.82, 2.24) is 9.66 Å². The third-order valence-electron chi connectivity index (χ3n) is 3.94. The minimum absolute atomic E-state index is 0.385. The maximum absolute atomic E-state index is 6.10. The van der Waals surface area contributed by atoms with Crippen LogP contribution in [0.5, 0.6) is 11.5 Å². The maximum Gasteiger partial charge on any atom is 0.163 e. The predicted molar refractivity (Wildman–Crippen MR) is 84.2 cm³/mol. The van der Waals surface area contributed by atoms with E-state index in [-0.39, 0.29) is 0 Å². The van der Waals surface area contributed by atoms with Gasteiger partial charge in [0.2, 0.25) is 0 Å². The zero-order valence-corrected chi connectivity index (χ0v) is 13.2. The molecular formula is C15H20ClN3O2. The van der Waals surface area contributed by atoms with Crippen molar-refractivity contribution in [2.45, 2.75) is 25.1 Å². The van der Waals surface area contributed by atoms with Crippen molar-refractivity contribution in [3.05, 3.63) is 18.0 Å². The van der Waals surface area contributed by atoms with Crippen LogP contribution in [0.2, 0.25) is 0 Å². The van der Waals surface area contributed by atoms with E-state index in [0.717, 1.165) is 29.9 Å². The van der Waals surface area contributed by atoms with Gasteiger partial charge in [-0.15, -0.1) is 11.6 Å². The summed E-state index contributed by atoms with van der Waals surface area (Å²) in [6.45, 7) is 2.06. The highest BCUT2D eigenvalue weighted by atomic mass is 35.5. The molecule has 1 aromatic carbocycles. The standard InChI is InChI=1S/C15H20ClN3O2/c1-20-13-8-11-12(9-14(13)21-2)19(15(10-16)17-11)18-6-4-3-5-7-18/h8-9H,3-7,10H2,1-2H3. The second-order valence-corrected chi connectivity index (χ2v) is 5.45. The Labute approximate surface area is 129 Å². The fourth-order valence-electron chi connectivity index (χ4n) is 2.92. The Morgan fingerprint density at radius 1 is 1.10 bits per heavy atom. The lowest BCUT2D eigenvalue weighted by Crippen LogP contribution is -2.39. The Hall–Kier alpha value is -1.62. The zero-order valence-electron chi connectivity index (χ0n) is 12.4. The van der Waals surface area contributed by atoms with E-state index in [1.807, 2.05) is 12.1 Å². The Morgan fingerprint density at radius 3 is 2.38 bits per heavy atom. The molecule has 1 saturated heterocycles. The molecule has 1 aromatic heterocycles. The van der Waals surface area contributed by atoms with Gasteiger partial charge in [-0.3, -0.25) is 0 Å². The molecule has 1 fully saturated rings. The molecule has 0 unspecified atom stereocenters. The fraction of sp³-hybridized carbons (Fsp3) is 0.533. The number of piperidine rings is 1. The number of halogens is 1. The summed E-state index contributed by atoms with van der Waals surface area (Å²) in [6, 6.07) is 3.89. The van der Waals surface area contributed by atoms with Gasteiger partial charge >= 0.3 is 0 Å². The number of nitrogens with zero attached hydrogens (tertiary/aromatic N) is 3. The number of methoxy groups -OCH3 is 2. The average molecular weight is 310 g/mol. The normalized spacial score (nSPS) is 15.5. The van der Waals surface area contributed by atoms with Crippen molar-refractivity contribution < 1.29 is 9.47 Å². The molecule has 0 bridgehead atoms. The Bertz CT molecular complexity index is 635. The van der Waals surface area contributed by atoms with Crippen LogP contribution in [0.25, 0.3) is 11.0 Å². The highest BCUT2D eigenvalue weighted by Crippen LogP contribution is 2.33. The van der Waals surface area contributed by atoms with Gasteiger partial charge in [0.1, 0.15) is 5.82 Å². The van der Waals surface area contributed by atoms with Crippen LogP contribution in [0.3, 0.4) is 0 Å². The summed E-state index contributed by atoms with van der Waals surface area (Å²) in [6.07, 6.45) is 3.69. The first-order chi connectivity index (χ1) is 10.3. The third-order valence-corrected chi connectivity index (χ3v) is 4.18. The second kappa shape index (κ2) is 6.02. The molecule has 0 aliphatic carbocycles. The van der Waals surface area contributed by atoms with E-state index in [0.29, 0.717) is 17.4 Å². The summed E-state index contributed by atoms with van der Waals surface area (Å²) in [5.74, 6) is 2.65. The molecule has 0 spiro atoms. The van der Waals surface area contributed by atoms with Crippen molar-refractivity contribution in [3.8, 4) is 11.5 Å². The van der Waals surface area contributed by atoms with Crippen LogP contribution in [0.15, 0.2) is 12.1 Å². The Kier molecular flexibility index (Phi) is 4.10. The molecule has 5 nitrogen and oxygen atoms in total. The van der Waals surface area contributed by atoms with Gasteiger partial charge in [-0.25, -0.2) is 9.66 Å². The predicted octanol–water partition coefficient (Wildman–Crippen LogP) is 2.91. The van der Waals surface area contributed by atoms with Crippen LogP contribution >= 0.6 is 11.6 Å². The largest absolute Gasteiger partial charge is 0.493 e. The number of fused-ring (bicyclic) bond motifs is 1. The third kappa shape index (κ3) is 2.50. The first-order valence-corrected chi connectivity index (χ1v) is 7.76. The minimum atomic E-state index is 0.385. The SMILES string of the molecule is COc1cc2nc(CCl)n(N3CCCCC3)c2cc1OC. The van der Waals surface area contributed by atoms with Crippen LogP contribution in [0.1, 0.15) is 25.1 Å². The van der Waals surface area contributed by atoms with Gasteiger partial charge in [0.15, 0.2) is 11.5 Å². The molecule has 21 heavy (non-hydrogen) atoms. The lowest BCUT2D eigenvalue weighted by molar-refractivity contribution is 0.355. The number of benzene rings is 1. The molecule has 3 rings (SSSR count). The molecule has 2 heterocycles. The lowest BCUT2D eigenvalue weighted by Gasteiger charge is -2.31. The summed E-state index contributed by atoms with van der Waals surface area (Å²) < 4.78 is 12.9. The summed E-state index contributed by atoms with van der Waals surface area (Å²) in [7, 11) is 3.28. The van der Waals surface area contributed by atoms with Gasteiger partial charge in [0.25, 0.3) is 0 Å². The van der Waals surface area contributed by atoms with Crippen LogP contribution in [-0.4, -0.2) is 37.0 Å². The molecule has 6 heteroatoms. The quantitative estimate of drug-likeness (QED) is 0.814. The summed E-state index contributed by atoms with van der Waals surface area (Å²) in [5.41, 5.74) is 1.90. The molecular weight excluding hydrogens is 290 g/mol. The van der Waals surface area contributed by atoms with E-state index in [1.165, 1.54) is 19.3 Å². The van der Waals surface area contributed by atoms with Gasteiger partial charge in [-0.05, 0) is 19.3 Å². The summed E-state index contributed by atoms with van der Waals surface area (Å²) >= 11 is 6.10. The van der Waals surface area contributed by atoms with E-state index in [1.54, 1.807) is 14.2 Å². The summed E-state index contributed by atoms with van der Waals surface area (Å²) in [4.78, 5) is 4.64. The Morgan fingerprint density at radius 2 is 1.76 bits per heavy atom. The van der Waals surface area contributed by atoms with Gasteiger partial charge in [0.05, 0.1) is 31.1 Å². The number of ether oxygens (including phenoxy) is 2. The molecule has 0 N–H and O–H groups in total. The van der Waals surface area contributed by atoms with Gasteiger partial charge in [0, 0.05) is 25.2 Å². The van der Waals surface area contributed by atoms with Crippen molar-refractivity contribution in [2.75, 3.05) is 32.3 Å². The summed E-state index contributed by atoms with van der Waals surface area (Å²) in [5, 5.41) is 2.32. The molecule has 114 valence electrons. The fourth-order valence-corrected chi connectivity index (χ4v) is 3.09. The molecule has 1 aliphatic heterocycles. The molecule has 0 saturated carbocycles. The highest BCUT2D eigenvalue weighted by molar-refractivity contribution is 6.16. The highest BCUT2D eigenvalue weighted by Gasteiger charge is 2.20. The van der Waals surface area contributed by atoms with E-state index < -0.39 is 0 Å². The number of alkyl halides is 1. The smallest absolute Gasteiger partial charge is 0.163 e. The first-order valence-electron chi connectivity index (χ1n) is 7.23. The first kappa shape index (κ1) is 14.3. The van der Waals surface area contributed by atoms with Crippen LogP contribution in [0.4, 0.5) is 0 Å². The van der Waals surface area contributed by atoms with E-state index in [4.69, 9.17) is 21.1 Å². The maximum atomic E-state index is 6.10. The zero-order chi connectivity index (χ0) is 14.8. The monoisotopic (exact) mass is 309 g/mol. The van der Waals surface area contributed by atoms with Crippen molar-refractivity contribution >= 4 is 22.6 Å². The van der Waals surface area contributed by atoms with Crippen LogP contribution in [-0.2, 0) is 5.88 Å². The van der Waals surface area contributed by atoms with Crippen LogP contribution in [0, 0.1) is 0 Å². The van der Waals surface area contributed by atoms with Gasteiger partial charge in [-0.2, -0.15) is 0 Å². The molecule has 0 radical (unpaired) electrons. The van der Waals surface area contributed by atoms with Gasteiger partial charge < -0.3 is 14.5 Å². The minimum Gasteiger partial charge on any atom is -0.493 e. The Balaban J connectivity index is 2.16. The van der Waals surface area contributed by atoms with E-state index >= 15 is 0 Å². The number of aromatic nitrogens is 2. The van der Waals surface area contributed by atoms with Crippen molar-refractivity contribution in [2.24, 2.45) is 0 Å². The topological polar surface area (TPSA) is 39.5 Å². The number of hydrogen-bond acceptors (Lipinski definition) is 4. The lowest BCUT2D eigenvalue weighted by atomic mass is 10.2. The van der Waals surface area contributed by atoms with Crippen LogP contribution < -0.4 is 14.5 Å². The van der Waals surface area contributed by atoms with E-state index in [2.05, 4.69) is 14.7 Å². The number of hydrogen-bond donors (Lipinski definition) is 0.